The minimum atomic E-state index is -1.73. The van der Waals surface area contributed by atoms with E-state index in [9.17, 15) is 14.4 Å². The number of hydrogen-bond acceptors (Lipinski definition) is 7. The van der Waals surface area contributed by atoms with E-state index in [2.05, 4.69) is 5.32 Å². The Kier molecular flexibility index (Phi) is 5.00. The molecule has 1 aliphatic rings. The molecule has 7 heteroatoms. The van der Waals surface area contributed by atoms with Crippen LogP contribution in [0.25, 0.3) is 0 Å². The van der Waals surface area contributed by atoms with Gasteiger partial charge in [-0.2, -0.15) is 0 Å². The van der Waals surface area contributed by atoms with E-state index in [1.54, 1.807) is 12.1 Å². The lowest BCUT2D eigenvalue weighted by molar-refractivity contribution is -0.162. The zero-order chi connectivity index (χ0) is 17.0. The molecule has 0 saturated carbocycles. The maximum Gasteiger partial charge on any atom is 0.337 e. The molecule has 1 aliphatic heterocycles. The molecular formula is C16H19NO6. The lowest BCUT2D eigenvalue weighted by Crippen LogP contribution is -2.56. The second-order valence-electron chi connectivity index (χ2n) is 5.25. The molecule has 2 atom stereocenters. The van der Waals surface area contributed by atoms with Gasteiger partial charge in [0.15, 0.2) is 0 Å². The Morgan fingerprint density at radius 1 is 1.00 bits per heavy atom. The number of nitrogens with one attached hydrogen (secondary N) is 1. The van der Waals surface area contributed by atoms with Crippen LogP contribution in [0, 0.1) is 5.92 Å². The number of esters is 3. The van der Waals surface area contributed by atoms with Gasteiger partial charge in [-0.05, 0) is 5.56 Å². The van der Waals surface area contributed by atoms with Gasteiger partial charge in [-0.3, -0.25) is 10.1 Å². The van der Waals surface area contributed by atoms with Gasteiger partial charge in [-0.15, -0.1) is 0 Å². The van der Waals surface area contributed by atoms with Crippen LogP contribution in [0.2, 0.25) is 0 Å². The highest BCUT2D eigenvalue weighted by atomic mass is 16.5. The third-order valence-corrected chi connectivity index (χ3v) is 4.06. The fraction of sp³-hybridized carbons (Fsp3) is 0.438. The van der Waals surface area contributed by atoms with E-state index in [1.165, 1.54) is 21.3 Å². The highest BCUT2D eigenvalue weighted by Crippen LogP contribution is 2.40. The van der Waals surface area contributed by atoms with Crippen LogP contribution >= 0.6 is 0 Å². The molecule has 1 aromatic carbocycles. The SMILES string of the molecule is COC(=O)[C@@H]1CC(C(=O)OC)(C(=O)OC)N[C@@H]1c1ccccc1. The van der Waals surface area contributed by atoms with Crippen LogP contribution in [0.5, 0.6) is 0 Å². The first-order valence-electron chi connectivity index (χ1n) is 7.07. The number of hydrogen-bond donors (Lipinski definition) is 1. The van der Waals surface area contributed by atoms with Gasteiger partial charge in [0.1, 0.15) is 0 Å². The number of rotatable bonds is 4. The number of methoxy groups -OCH3 is 3. The molecule has 1 fully saturated rings. The summed E-state index contributed by atoms with van der Waals surface area (Å²) in [7, 11) is 3.62. The molecule has 2 rings (SSSR count). The van der Waals surface area contributed by atoms with Gasteiger partial charge >= 0.3 is 17.9 Å². The average Bonchev–Trinajstić information content (AvgIpc) is 3.02. The van der Waals surface area contributed by atoms with Gasteiger partial charge in [-0.25, -0.2) is 9.59 Å². The van der Waals surface area contributed by atoms with Crippen LogP contribution in [0.1, 0.15) is 18.0 Å². The van der Waals surface area contributed by atoms with Crippen LogP contribution < -0.4 is 5.32 Å². The monoisotopic (exact) mass is 321 g/mol. The van der Waals surface area contributed by atoms with E-state index >= 15 is 0 Å². The minimum absolute atomic E-state index is 0.0986. The van der Waals surface area contributed by atoms with E-state index in [4.69, 9.17) is 14.2 Å². The molecule has 0 aromatic heterocycles. The van der Waals surface area contributed by atoms with Crippen LogP contribution in [-0.2, 0) is 28.6 Å². The lowest BCUT2D eigenvalue weighted by atomic mass is 9.89. The van der Waals surface area contributed by atoms with Gasteiger partial charge in [0.2, 0.25) is 5.54 Å². The molecule has 0 amide bonds. The highest BCUT2D eigenvalue weighted by Gasteiger charge is 2.59. The summed E-state index contributed by atoms with van der Waals surface area (Å²) in [5.41, 5.74) is -0.972. The summed E-state index contributed by atoms with van der Waals surface area (Å²) in [5, 5.41) is 2.94. The van der Waals surface area contributed by atoms with Crippen LogP contribution in [-0.4, -0.2) is 44.8 Å². The number of ether oxygens (including phenoxy) is 3. The Bertz CT molecular complexity index is 584. The van der Waals surface area contributed by atoms with Crippen molar-refractivity contribution in [3.8, 4) is 0 Å². The molecule has 7 nitrogen and oxygen atoms in total. The molecule has 0 unspecified atom stereocenters. The topological polar surface area (TPSA) is 90.9 Å². The minimum Gasteiger partial charge on any atom is -0.469 e. The van der Waals surface area contributed by atoms with Gasteiger partial charge in [0.25, 0.3) is 0 Å². The largest absolute Gasteiger partial charge is 0.469 e. The summed E-state index contributed by atoms with van der Waals surface area (Å²) in [6.45, 7) is 0. The predicted octanol–water partition coefficient (Wildman–Crippen LogP) is 0.595. The first kappa shape index (κ1) is 17.0. The highest BCUT2D eigenvalue weighted by molar-refractivity contribution is 6.06. The Hall–Kier alpha value is -2.41. The first-order valence-corrected chi connectivity index (χ1v) is 7.07. The molecule has 1 saturated heterocycles. The summed E-state index contributed by atoms with van der Waals surface area (Å²) < 4.78 is 14.3. The summed E-state index contributed by atoms with van der Waals surface area (Å²) in [6.07, 6.45) is -0.0986. The van der Waals surface area contributed by atoms with Crippen molar-refractivity contribution in [2.75, 3.05) is 21.3 Å². The molecule has 23 heavy (non-hydrogen) atoms. The van der Waals surface area contributed by atoms with E-state index in [0.717, 1.165) is 5.56 Å². The smallest absolute Gasteiger partial charge is 0.337 e. The molecule has 1 aromatic rings. The van der Waals surface area contributed by atoms with Gasteiger partial charge in [0.05, 0.1) is 27.2 Å². The number of carbonyl (C=O) groups excluding carboxylic acids is 3. The van der Waals surface area contributed by atoms with Crippen molar-refractivity contribution < 1.29 is 28.6 Å². The van der Waals surface area contributed by atoms with Crippen molar-refractivity contribution in [2.45, 2.75) is 18.0 Å². The molecule has 0 radical (unpaired) electrons. The number of carbonyl (C=O) groups is 3. The standard InChI is InChI=1S/C16H19NO6/c1-21-13(18)11-9-16(14(19)22-2,15(20)23-3)17-12(11)10-7-5-4-6-8-10/h4-8,11-12,17H,9H2,1-3H3/t11-,12-/m1/s1. The van der Waals surface area contributed by atoms with Crippen molar-refractivity contribution in [2.24, 2.45) is 5.92 Å². The van der Waals surface area contributed by atoms with Crippen molar-refractivity contribution in [3.05, 3.63) is 35.9 Å². The Morgan fingerprint density at radius 3 is 2.04 bits per heavy atom. The summed E-state index contributed by atoms with van der Waals surface area (Å²) in [6, 6.07) is 8.49. The molecule has 0 aliphatic carbocycles. The van der Waals surface area contributed by atoms with Gasteiger partial charge < -0.3 is 14.2 Å². The Labute approximate surface area is 133 Å². The lowest BCUT2D eigenvalue weighted by Gasteiger charge is -2.24. The van der Waals surface area contributed by atoms with E-state index in [0.29, 0.717) is 0 Å². The maximum absolute atomic E-state index is 12.2. The average molecular weight is 321 g/mol. The van der Waals surface area contributed by atoms with Crippen molar-refractivity contribution in [1.82, 2.24) is 5.32 Å². The molecule has 0 bridgehead atoms. The Balaban J connectivity index is 2.47. The van der Waals surface area contributed by atoms with Gasteiger partial charge in [-0.1, -0.05) is 30.3 Å². The quantitative estimate of drug-likeness (QED) is 0.493. The fourth-order valence-corrected chi connectivity index (χ4v) is 2.94. The molecule has 0 spiro atoms. The normalized spacial score (nSPS) is 22.2. The Morgan fingerprint density at radius 2 is 1.57 bits per heavy atom. The first-order chi connectivity index (χ1) is 11.0. The van der Waals surface area contributed by atoms with E-state index < -0.39 is 35.4 Å². The van der Waals surface area contributed by atoms with E-state index in [-0.39, 0.29) is 6.42 Å². The molecule has 1 heterocycles. The van der Waals surface area contributed by atoms with Crippen molar-refractivity contribution in [3.63, 3.8) is 0 Å². The maximum atomic E-state index is 12.2. The zero-order valence-electron chi connectivity index (χ0n) is 13.2. The third kappa shape index (κ3) is 2.92. The molecule has 1 N–H and O–H groups in total. The zero-order valence-corrected chi connectivity index (χ0v) is 13.2. The van der Waals surface area contributed by atoms with E-state index in [1.807, 2.05) is 18.2 Å². The summed E-state index contributed by atoms with van der Waals surface area (Å²) >= 11 is 0. The van der Waals surface area contributed by atoms with Crippen LogP contribution in [0.15, 0.2) is 30.3 Å². The van der Waals surface area contributed by atoms with Crippen molar-refractivity contribution in [1.29, 1.82) is 0 Å². The summed E-state index contributed by atoms with van der Waals surface area (Å²) in [5.74, 6) is -2.82. The summed E-state index contributed by atoms with van der Waals surface area (Å²) in [4.78, 5) is 36.6. The third-order valence-electron chi connectivity index (χ3n) is 4.06. The predicted molar refractivity (Wildman–Crippen MR) is 79.2 cm³/mol. The second kappa shape index (κ2) is 6.78. The second-order valence-corrected chi connectivity index (χ2v) is 5.25. The van der Waals surface area contributed by atoms with Crippen molar-refractivity contribution >= 4 is 17.9 Å². The van der Waals surface area contributed by atoms with Crippen LogP contribution in [0.3, 0.4) is 0 Å². The van der Waals surface area contributed by atoms with Gasteiger partial charge in [0, 0.05) is 12.5 Å². The molecular weight excluding hydrogens is 302 g/mol. The number of benzene rings is 1. The fourth-order valence-electron chi connectivity index (χ4n) is 2.94. The molecule has 124 valence electrons. The van der Waals surface area contributed by atoms with Crippen LogP contribution in [0.4, 0.5) is 0 Å².